The number of nitrogens with zero attached hydrogens (tertiary/aromatic N) is 1. The minimum absolute atomic E-state index is 0.177. The lowest BCUT2D eigenvalue weighted by atomic mass is 10.1. The maximum Gasteiger partial charge on any atom is 0.162 e. The Kier molecular flexibility index (Phi) is 3.64. The molecule has 0 saturated heterocycles. The molecule has 92 valence electrons. The molecule has 0 amide bonds. The van der Waals surface area contributed by atoms with Gasteiger partial charge in [0.2, 0.25) is 0 Å². The van der Waals surface area contributed by atoms with Crippen molar-refractivity contribution in [2.45, 2.75) is 33.1 Å². The normalized spacial score (nSPS) is 12.9. The zero-order valence-corrected chi connectivity index (χ0v) is 11.2. The van der Waals surface area contributed by atoms with Gasteiger partial charge in [-0.15, -0.1) is 11.3 Å². The first-order chi connectivity index (χ1) is 8.15. The summed E-state index contributed by atoms with van der Waals surface area (Å²) in [6.07, 6.45) is 0.927. The largest absolute Gasteiger partial charge is 0.459 e. The smallest absolute Gasteiger partial charge is 0.162 e. The first kappa shape index (κ1) is 12.3. The molecule has 1 N–H and O–H groups in total. The van der Waals surface area contributed by atoms with Crippen LogP contribution in [0.3, 0.4) is 0 Å². The van der Waals surface area contributed by atoms with Gasteiger partial charge in [0.25, 0.3) is 0 Å². The Balaban J connectivity index is 2.36. The summed E-state index contributed by atoms with van der Waals surface area (Å²) in [5, 5.41) is 10.2. The van der Waals surface area contributed by atoms with Crippen LogP contribution in [0.1, 0.15) is 35.6 Å². The van der Waals surface area contributed by atoms with E-state index in [4.69, 9.17) is 4.42 Å². The highest BCUT2D eigenvalue weighted by Gasteiger charge is 2.18. The van der Waals surface area contributed by atoms with Crippen LogP contribution in [0, 0.1) is 13.8 Å². The highest BCUT2D eigenvalue weighted by Crippen LogP contribution is 2.34. The Morgan fingerprint density at radius 2 is 2.18 bits per heavy atom. The van der Waals surface area contributed by atoms with E-state index in [2.05, 4.69) is 11.9 Å². The predicted octanol–water partition coefficient (Wildman–Crippen LogP) is 3.51. The van der Waals surface area contributed by atoms with Crippen molar-refractivity contribution in [2.75, 3.05) is 6.61 Å². The van der Waals surface area contributed by atoms with E-state index in [0.717, 1.165) is 28.6 Å². The van der Waals surface area contributed by atoms with Crippen molar-refractivity contribution in [1.82, 2.24) is 4.98 Å². The van der Waals surface area contributed by atoms with Gasteiger partial charge in [0.15, 0.2) is 10.8 Å². The third-order valence-corrected chi connectivity index (χ3v) is 4.20. The molecule has 17 heavy (non-hydrogen) atoms. The number of hydrogen-bond acceptors (Lipinski definition) is 4. The number of hydrogen-bond donors (Lipinski definition) is 1. The van der Waals surface area contributed by atoms with Crippen molar-refractivity contribution in [3.8, 4) is 10.8 Å². The second-order valence-corrected chi connectivity index (χ2v) is 5.20. The molecule has 3 nitrogen and oxygen atoms in total. The van der Waals surface area contributed by atoms with Crippen molar-refractivity contribution in [2.24, 2.45) is 0 Å². The minimum Gasteiger partial charge on any atom is -0.459 e. The molecule has 0 aromatic carbocycles. The van der Waals surface area contributed by atoms with Crippen LogP contribution in [-0.4, -0.2) is 16.7 Å². The Labute approximate surface area is 105 Å². The van der Waals surface area contributed by atoms with Gasteiger partial charge in [-0.1, -0.05) is 6.92 Å². The van der Waals surface area contributed by atoms with E-state index in [1.54, 1.807) is 11.3 Å². The van der Waals surface area contributed by atoms with Crippen LogP contribution in [0.25, 0.3) is 10.8 Å². The maximum atomic E-state index is 9.34. The molecule has 0 fully saturated rings. The number of aliphatic hydroxyl groups is 1. The van der Waals surface area contributed by atoms with E-state index < -0.39 is 0 Å². The molecule has 1 unspecified atom stereocenters. The Hall–Kier alpha value is -1.13. The van der Waals surface area contributed by atoms with Crippen LogP contribution in [0.4, 0.5) is 0 Å². The molecule has 0 bridgehead atoms. The number of aryl methyl sites for hydroxylation is 2. The van der Waals surface area contributed by atoms with Gasteiger partial charge in [-0.3, -0.25) is 0 Å². The molecule has 0 spiro atoms. The number of aliphatic hydroxyl groups excluding tert-OH is 1. The van der Waals surface area contributed by atoms with Gasteiger partial charge >= 0.3 is 0 Å². The summed E-state index contributed by atoms with van der Waals surface area (Å²) in [6, 6.07) is 3.88. The molecule has 0 aliphatic carbocycles. The summed E-state index contributed by atoms with van der Waals surface area (Å²) >= 11 is 1.62. The number of aromatic nitrogens is 1. The highest BCUT2D eigenvalue weighted by molar-refractivity contribution is 7.15. The Morgan fingerprint density at radius 3 is 2.71 bits per heavy atom. The Morgan fingerprint density at radius 1 is 1.41 bits per heavy atom. The van der Waals surface area contributed by atoms with Crippen molar-refractivity contribution in [3.63, 3.8) is 0 Å². The molecular weight excluding hydrogens is 234 g/mol. The number of furan rings is 1. The van der Waals surface area contributed by atoms with E-state index in [-0.39, 0.29) is 12.5 Å². The zero-order chi connectivity index (χ0) is 12.4. The molecule has 2 aromatic heterocycles. The average Bonchev–Trinajstić information content (AvgIpc) is 2.88. The maximum absolute atomic E-state index is 9.34. The second-order valence-electron chi connectivity index (χ2n) is 4.17. The molecule has 2 rings (SSSR count). The fourth-order valence-corrected chi connectivity index (χ4v) is 3.04. The van der Waals surface area contributed by atoms with Crippen molar-refractivity contribution in [3.05, 3.63) is 28.5 Å². The molecule has 0 aliphatic heterocycles. The minimum atomic E-state index is 0.177. The molecule has 2 heterocycles. The molecule has 2 aromatic rings. The average molecular weight is 251 g/mol. The summed E-state index contributed by atoms with van der Waals surface area (Å²) in [5.41, 5.74) is 1.000. The first-order valence-corrected chi connectivity index (χ1v) is 6.62. The molecule has 0 saturated carbocycles. The van der Waals surface area contributed by atoms with Crippen molar-refractivity contribution >= 4 is 11.3 Å². The van der Waals surface area contributed by atoms with Crippen LogP contribution in [0.5, 0.6) is 0 Å². The molecule has 4 heteroatoms. The number of thiazole rings is 1. The quantitative estimate of drug-likeness (QED) is 0.904. The second kappa shape index (κ2) is 5.02. The van der Waals surface area contributed by atoms with Crippen molar-refractivity contribution in [1.29, 1.82) is 0 Å². The summed E-state index contributed by atoms with van der Waals surface area (Å²) < 4.78 is 5.57. The summed E-state index contributed by atoms with van der Waals surface area (Å²) in [6.45, 7) is 6.17. The van der Waals surface area contributed by atoms with Gasteiger partial charge in [0, 0.05) is 10.8 Å². The molecule has 0 aliphatic rings. The lowest BCUT2D eigenvalue weighted by molar-refractivity contribution is 0.263. The zero-order valence-electron chi connectivity index (χ0n) is 10.4. The monoisotopic (exact) mass is 251 g/mol. The van der Waals surface area contributed by atoms with E-state index in [9.17, 15) is 5.11 Å². The van der Waals surface area contributed by atoms with Gasteiger partial charge in [0.1, 0.15) is 5.76 Å². The van der Waals surface area contributed by atoms with Crippen LogP contribution < -0.4 is 0 Å². The predicted molar refractivity (Wildman–Crippen MR) is 69.4 cm³/mol. The molecule has 1 atom stereocenters. The summed E-state index contributed by atoms with van der Waals surface area (Å²) in [4.78, 5) is 5.69. The molecule has 0 radical (unpaired) electrons. The fourth-order valence-electron chi connectivity index (χ4n) is 1.84. The third kappa shape index (κ3) is 2.42. The van der Waals surface area contributed by atoms with Crippen molar-refractivity contribution < 1.29 is 9.52 Å². The van der Waals surface area contributed by atoms with Crippen LogP contribution in [0.15, 0.2) is 16.5 Å². The van der Waals surface area contributed by atoms with E-state index in [0.29, 0.717) is 0 Å². The summed E-state index contributed by atoms with van der Waals surface area (Å²) in [7, 11) is 0. The van der Waals surface area contributed by atoms with Gasteiger partial charge < -0.3 is 9.52 Å². The van der Waals surface area contributed by atoms with Gasteiger partial charge in [0.05, 0.1) is 12.3 Å². The SMILES string of the molecule is CCC(CO)c1sc(-c2ccc(C)o2)nc1C. The van der Waals surface area contributed by atoms with E-state index in [1.165, 1.54) is 4.88 Å². The van der Waals surface area contributed by atoms with Crippen LogP contribution in [0.2, 0.25) is 0 Å². The topological polar surface area (TPSA) is 46.3 Å². The lowest BCUT2D eigenvalue weighted by Gasteiger charge is -2.08. The van der Waals surface area contributed by atoms with Gasteiger partial charge in [-0.2, -0.15) is 0 Å². The van der Waals surface area contributed by atoms with E-state index in [1.807, 2.05) is 26.0 Å². The fraction of sp³-hybridized carbons (Fsp3) is 0.462. The van der Waals surface area contributed by atoms with Gasteiger partial charge in [-0.25, -0.2) is 4.98 Å². The van der Waals surface area contributed by atoms with Crippen LogP contribution in [-0.2, 0) is 0 Å². The first-order valence-electron chi connectivity index (χ1n) is 5.80. The standard InChI is InChI=1S/C13H17NO2S/c1-4-10(7-15)12-9(3)14-13(17-12)11-6-5-8(2)16-11/h5-6,10,15H,4,7H2,1-3H3. The van der Waals surface area contributed by atoms with Crippen LogP contribution >= 0.6 is 11.3 Å². The third-order valence-electron chi connectivity index (χ3n) is 2.87. The Bertz CT molecular complexity index is 497. The number of rotatable bonds is 4. The highest BCUT2D eigenvalue weighted by atomic mass is 32.1. The lowest BCUT2D eigenvalue weighted by Crippen LogP contribution is -2.01. The van der Waals surface area contributed by atoms with Gasteiger partial charge in [-0.05, 0) is 32.4 Å². The summed E-state index contributed by atoms with van der Waals surface area (Å²) in [5.74, 6) is 1.90. The molecular formula is C13H17NO2S. The van der Waals surface area contributed by atoms with E-state index >= 15 is 0 Å².